The third-order valence-electron chi connectivity index (χ3n) is 3.71. The van der Waals surface area contributed by atoms with E-state index in [2.05, 4.69) is 4.90 Å². The molecule has 0 saturated carbocycles. The van der Waals surface area contributed by atoms with E-state index in [0.29, 0.717) is 13.2 Å². The molecular formula is C16H22N2O4. The molecule has 0 bridgehead atoms. The minimum atomic E-state index is -0.321. The highest BCUT2D eigenvalue weighted by Crippen LogP contribution is 2.27. The van der Waals surface area contributed by atoms with Crippen molar-refractivity contribution in [2.75, 3.05) is 43.2 Å². The fraction of sp³-hybridized carbons (Fsp3) is 0.500. The summed E-state index contributed by atoms with van der Waals surface area (Å²) >= 11 is 0. The molecule has 22 heavy (non-hydrogen) atoms. The lowest BCUT2D eigenvalue weighted by molar-refractivity contribution is -0.142. The third-order valence-corrected chi connectivity index (χ3v) is 3.71. The first-order valence-electron chi connectivity index (χ1n) is 7.32. The zero-order valence-electron chi connectivity index (χ0n) is 13.3. The van der Waals surface area contributed by atoms with Crippen molar-refractivity contribution in [2.45, 2.75) is 20.5 Å². The molecule has 1 aromatic rings. The van der Waals surface area contributed by atoms with Gasteiger partial charge in [0, 0.05) is 50.9 Å². The predicted octanol–water partition coefficient (Wildman–Crippen LogP) is 1.57. The first-order valence-corrected chi connectivity index (χ1v) is 7.32. The fourth-order valence-corrected chi connectivity index (χ4v) is 2.37. The minimum Gasteiger partial charge on any atom is -0.461 e. The molecule has 0 aliphatic carbocycles. The SMILES string of the molecule is CC(=O)OCc1cc(N(C)C(C)=O)ccc1N1CCOCC1. The van der Waals surface area contributed by atoms with Crippen LogP contribution in [0.25, 0.3) is 0 Å². The van der Waals surface area contributed by atoms with Crippen molar-refractivity contribution >= 4 is 23.3 Å². The Bertz CT molecular complexity index is 553. The summed E-state index contributed by atoms with van der Waals surface area (Å²) in [6, 6.07) is 5.78. The molecule has 1 aliphatic rings. The topological polar surface area (TPSA) is 59.1 Å². The van der Waals surface area contributed by atoms with Gasteiger partial charge in [-0.25, -0.2) is 0 Å². The maximum Gasteiger partial charge on any atom is 0.302 e. The number of carbonyl (C=O) groups is 2. The van der Waals surface area contributed by atoms with Gasteiger partial charge in [-0.1, -0.05) is 0 Å². The number of carbonyl (C=O) groups excluding carboxylic acids is 2. The van der Waals surface area contributed by atoms with Crippen LogP contribution in [0.15, 0.2) is 18.2 Å². The van der Waals surface area contributed by atoms with E-state index in [9.17, 15) is 9.59 Å². The van der Waals surface area contributed by atoms with Gasteiger partial charge >= 0.3 is 5.97 Å². The van der Waals surface area contributed by atoms with Crippen molar-refractivity contribution in [3.63, 3.8) is 0 Å². The van der Waals surface area contributed by atoms with Gasteiger partial charge in [-0.15, -0.1) is 0 Å². The Hall–Kier alpha value is -2.08. The average molecular weight is 306 g/mol. The number of ether oxygens (including phenoxy) is 2. The maximum absolute atomic E-state index is 11.5. The molecule has 120 valence electrons. The smallest absolute Gasteiger partial charge is 0.302 e. The van der Waals surface area contributed by atoms with Gasteiger partial charge in [0.15, 0.2) is 0 Å². The molecule has 1 saturated heterocycles. The highest BCUT2D eigenvalue weighted by molar-refractivity contribution is 5.91. The number of rotatable bonds is 4. The number of hydrogen-bond acceptors (Lipinski definition) is 5. The van der Waals surface area contributed by atoms with E-state index in [0.717, 1.165) is 30.0 Å². The molecule has 0 N–H and O–H groups in total. The zero-order valence-corrected chi connectivity index (χ0v) is 13.3. The summed E-state index contributed by atoms with van der Waals surface area (Å²) in [4.78, 5) is 26.4. The minimum absolute atomic E-state index is 0.0439. The Labute approximate surface area is 130 Å². The van der Waals surface area contributed by atoms with Gasteiger partial charge in [-0.2, -0.15) is 0 Å². The highest BCUT2D eigenvalue weighted by atomic mass is 16.5. The van der Waals surface area contributed by atoms with Gasteiger partial charge in [0.25, 0.3) is 0 Å². The molecule has 1 aliphatic heterocycles. The van der Waals surface area contributed by atoms with E-state index in [1.165, 1.54) is 13.8 Å². The summed E-state index contributed by atoms with van der Waals surface area (Å²) in [7, 11) is 1.72. The van der Waals surface area contributed by atoms with E-state index < -0.39 is 0 Å². The lowest BCUT2D eigenvalue weighted by Gasteiger charge is -2.31. The second kappa shape index (κ2) is 7.26. The standard InChI is InChI=1S/C16H22N2O4/c1-12(19)17(3)15-4-5-16(18-6-8-21-9-7-18)14(10-15)11-22-13(2)20/h4-5,10H,6-9,11H2,1-3H3. The molecule has 1 aromatic carbocycles. The molecule has 1 fully saturated rings. The van der Waals surface area contributed by atoms with Gasteiger partial charge in [0.1, 0.15) is 6.61 Å². The quantitative estimate of drug-likeness (QED) is 0.790. The average Bonchev–Trinajstić information content (AvgIpc) is 2.52. The van der Waals surface area contributed by atoms with Gasteiger partial charge in [0.05, 0.1) is 13.2 Å². The molecule has 0 radical (unpaired) electrons. The molecule has 0 aromatic heterocycles. The Morgan fingerprint density at radius 1 is 1.27 bits per heavy atom. The Balaban J connectivity index is 2.30. The van der Waals surface area contributed by atoms with E-state index in [-0.39, 0.29) is 18.5 Å². The first kappa shape index (κ1) is 16.3. The molecule has 6 nitrogen and oxygen atoms in total. The number of hydrogen-bond donors (Lipinski definition) is 0. The first-order chi connectivity index (χ1) is 10.5. The molecule has 2 rings (SSSR count). The van der Waals surface area contributed by atoms with E-state index >= 15 is 0 Å². The number of anilines is 2. The van der Waals surface area contributed by atoms with Crippen LogP contribution in [-0.2, 0) is 25.7 Å². The molecule has 0 atom stereocenters. The van der Waals surface area contributed by atoms with Crippen LogP contribution in [0.1, 0.15) is 19.4 Å². The number of nitrogens with zero attached hydrogens (tertiary/aromatic N) is 2. The summed E-state index contributed by atoms with van der Waals surface area (Å²) < 4.78 is 10.5. The van der Waals surface area contributed by atoms with E-state index in [1.807, 2.05) is 18.2 Å². The van der Waals surface area contributed by atoms with Crippen molar-refractivity contribution in [3.8, 4) is 0 Å². The monoisotopic (exact) mass is 306 g/mol. The summed E-state index contributed by atoms with van der Waals surface area (Å²) in [5, 5.41) is 0. The third kappa shape index (κ3) is 3.98. The highest BCUT2D eigenvalue weighted by Gasteiger charge is 2.17. The second-order valence-corrected chi connectivity index (χ2v) is 5.27. The van der Waals surface area contributed by atoms with Crippen molar-refractivity contribution in [1.82, 2.24) is 0 Å². The lowest BCUT2D eigenvalue weighted by atomic mass is 10.1. The normalized spacial score (nSPS) is 14.6. The van der Waals surface area contributed by atoms with Crippen molar-refractivity contribution in [1.29, 1.82) is 0 Å². The van der Waals surface area contributed by atoms with Gasteiger partial charge in [-0.05, 0) is 18.2 Å². The van der Waals surface area contributed by atoms with Crippen molar-refractivity contribution in [3.05, 3.63) is 23.8 Å². The van der Waals surface area contributed by atoms with Gasteiger partial charge in [0.2, 0.25) is 5.91 Å². The lowest BCUT2D eigenvalue weighted by Crippen LogP contribution is -2.37. The van der Waals surface area contributed by atoms with Crippen LogP contribution in [0.2, 0.25) is 0 Å². The number of benzene rings is 1. The number of esters is 1. The molecule has 1 heterocycles. The van der Waals surface area contributed by atoms with E-state index in [4.69, 9.17) is 9.47 Å². The Kier molecular flexibility index (Phi) is 5.38. The maximum atomic E-state index is 11.5. The van der Waals surface area contributed by atoms with Crippen LogP contribution < -0.4 is 9.80 Å². The van der Waals surface area contributed by atoms with Crippen LogP contribution in [-0.4, -0.2) is 45.2 Å². The summed E-state index contributed by atoms with van der Waals surface area (Å²) in [5.41, 5.74) is 2.69. The molecule has 0 unspecified atom stereocenters. The van der Waals surface area contributed by atoms with Crippen LogP contribution >= 0.6 is 0 Å². The van der Waals surface area contributed by atoms with Gasteiger partial charge in [-0.3, -0.25) is 9.59 Å². The fourth-order valence-electron chi connectivity index (χ4n) is 2.37. The van der Waals surface area contributed by atoms with Crippen LogP contribution in [0, 0.1) is 0 Å². The second-order valence-electron chi connectivity index (χ2n) is 5.27. The molecular weight excluding hydrogens is 284 g/mol. The number of morpholine rings is 1. The van der Waals surface area contributed by atoms with Crippen LogP contribution in [0.4, 0.5) is 11.4 Å². The number of amides is 1. The van der Waals surface area contributed by atoms with Crippen molar-refractivity contribution < 1.29 is 19.1 Å². The molecule has 6 heteroatoms. The molecule has 0 spiro atoms. The Morgan fingerprint density at radius 2 is 1.95 bits per heavy atom. The van der Waals surface area contributed by atoms with E-state index in [1.54, 1.807) is 11.9 Å². The van der Waals surface area contributed by atoms with Crippen LogP contribution in [0.5, 0.6) is 0 Å². The summed E-state index contributed by atoms with van der Waals surface area (Å²) in [6.07, 6.45) is 0. The summed E-state index contributed by atoms with van der Waals surface area (Å²) in [5.74, 6) is -0.365. The van der Waals surface area contributed by atoms with Gasteiger partial charge < -0.3 is 19.3 Å². The van der Waals surface area contributed by atoms with Crippen molar-refractivity contribution in [2.24, 2.45) is 0 Å². The largest absolute Gasteiger partial charge is 0.461 e. The summed E-state index contributed by atoms with van der Waals surface area (Å²) in [6.45, 7) is 6.07. The zero-order chi connectivity index (χ0) is 16.1. The Morgan fingerprint density at radius 3 is 2.55 bits per heavy atom. The van der Waals surface area contributed by atoms with Crippen LogP contribution in [0.3, 0.4) is 0 Å². The molecule has 1 amide bonds. The predicted molar refractivity (Wildman–Crippen MR) is 84.0 cm³/mol.